The quantitative estimate of drug-likeness (QED) is 0.275. The number of alkyl halides is 3. The van der Waals surface area contributed by atoms with Crippen molar-refractivity contribution >= 4 is 41.3 Å². The Morgan fingerprint density at radius 3 is 2.59 bits per heavy atom. The van der Waals surface area contributed by atoms with Crippen molar-refractivity contribution in [3.8, 4) is 0 Å². The number of ether oxygens (including phenoxy) is 1. The predicted molar refractivity (Wildman–Crippen MR) is 121 cm³/mol. The van der Waals surface area contributed by atoms with Crippen LogP contribution < -0.4 is 10.6 Å². The third kappa shape index (κ3) is 9.77. The number of hydrogen-bond donors (Lipinski definition) is 2. The third-order valence-electron chi connectivity index (χ3n) is 3.69. The highest BCUT2D eigenvalue weighted by Crippen LogP contribution is 2.30. The summed E-state index contributed by atoms with van der Waals surface area (Å²) in [5.41, 5.74) is 0.254. The number of nitrogens with zero attached hydrogens (tertiary/aromatic N) is 2. The van der Waals surface area contributed by atoms with Crippen LogP contribution in [-0.2, 0) is 24.1 Å². The Bertz CT molecular complexity index is 741. The molecule has 29 heavy (non-hydrogen) atoms. The molecule has 1 aromatic heterocycles. The van der Waals surface area contributed by atoms with Gasteiger partial charge in [0.1, 0.15) is 5.01 Å². The minimum absolute atomic E-state index is 0. The number of benzene rings is 1. The van der Waals surface area contributed by atoms with Crippen LogP contribution in [0.25, 0.3) is 0 Å². The number of rotatable bonds is 9. The van der Waals surface area contributed by atoms with E-state index in [0.29, 0.717) is 37.3 Å². The molecule has 0 aliphatic carbocycles. The summed E-state index contributed by atoms with van der Waals surface area (Å²) >= 11 is 0.956. The Kier molecular flexibility index (Phi) is 11.5. The van der Waals surface area contributed by atoms with E-state index in [1.165, 1.54) is 0 Å². The van der Waals surface area contributed by atoms with Crippen LogP contribution in [0.2, 0.25) is 0 Å². The van der Waals surface area contributed by atoms with Crippen LogP contribution in [0.5, 0.6) is 0 Å². The molecule has 0 spiro atoms. The largest absolute Gasteiger partial charge is 0.434 e. The van der Waals surface area contributed by atoms with Crippen molar-refractivity contribution in [2.24, 2.45) is 10.9 Å². The Hall–Kier alpha value is -1.40. The molecule has 0 aliphatic rings. The second-order valence-corrected chi connectivity index (χ2v) is 7.25. The molecule has 0 saturated heterocycles. The maximum absolute atomic E-state index is 12.6. The zero-order chi connectivity index (χ0) is 20.4. The third-order valence-corrected chi connectivity index (χ3v) is 4.52. The second kappa shape index (κ2) is 13.0. The molecule has 0 aliphatic heterocycles. The number of aromatic nitrogens is 1. The molecule has 10 heteroatoms. The summed E-state index contributed by atoms with van der Waals surface area (Å²) in [4.78, 5) is 7.90. The van der Waals surface area contributed by atoms with Crippen molar-refractivity contribution < 1.29 is 17.9 Å². The lowest BCUT2D eigenvalue weighted by atomic mass is 10.2. The molecule has 2 aromatic rings. The van der Waals surface area contributed by atoms with Crippen LogP contribution in [0.1, 0.15) is 30.1 Å². The highest BCUT2D eigenvalue weighted by atomic mass is 127. The molecular weight excluding hydrogens is 516 g/mol. The first-order valence-corrected chi connectivity index (χ1v) is 9.92. The summed E-state index contributed by atoms with van der Waals surface area (Å²) in [7, 11) is 0. The summed E-state index contributed by atoms with van der Waals surface area (Å²) in [5.74, 6) is 0.783. The number of hydrogen-bond acceptors (Lipinski definition) is 4. The molecule has 0 fully saturated rings. The Morgan fingerprint density at radius 1 is 1.24 bits per heavy atom. The summed E-state index contributed by atoms with van der Waals surface area (Å²) in [6.07, 6.45) is -4.42. The molecule has 0 amide bonds. The number of thiazole rings is 1. The Balaban J connectivity index is 0.00000420. The van der Waals surface area contributed by atoms with E-state index in [9.17, 15) is 13.2 Å². The number of halogens is 4. The first kappa shape index (κ1) is 25.6. The van der Waals surface area contributed by atoms with Crippen LogP contribution in [0, 0.1) is 5.92 Å². The van der Waals surface area contributed by atoms with Gasteiger partial charge in [-0.1, -0.05) is 37.3 Å². The van der Waals surface area contributed by atoms with Crippen molar-refractivity contribution in [3.63, 3.8) is 0 Å². The molecule has 1 aromatic carbocycles. The fourth-order valence-electron chi connectivity index (χ4n) is 2.28. The summed E-state index contributed by atoms with van der Waals surface area (Å²) in [6.45, 7) is 6.50. The van der Waals surface area contributed by atoms with Crippen LogP contribution >= 0.6 is 35.3 Å². The van der Waals surface area contributed by atoms with Gasteiger partial charge >= 0.3 is 6.18 Å². The molecule has 1 unspecified atom stereocenters. The molecule has 0 bridgehead atoms. The van der Waals surface area contributed by atoms with Crippen molar-refractivity contribution in [2.75, 3.05) is 19.7 Å². The van der Waals surface area contributed by atoms with E-state index >= 15 is 0 Å². The Labute approximate surface area is 190 Å². The van der Waals surface area contributed by atoms with Gasteiger partial charge in [0, 0.05) is 18.5 Å². The topological polar surface area (TPSA) is 58.5 Å². The lowest BCUT2D eigenvalue weighted by Gasteiger charge is -2.16. The van der Waals surface area contributed by atoms with E-state index in [1.54, 1.807) is 0 Å². The number of aliphatic imine (C=N–C) groups is 1. The summed E-state index contributed by atoms with van der Waals surface area (Å²) in [5, 5.41) is 7.60. The van der Waals surface area contributed by atoms with Gasteiger partial charge in [-0.2, -0.15) is 13.2 Å². The Morgan fingerprint density at radius 2 is 1.97 bits per heavy atom. The van der Waals surface area contributed by atoms with Gasteiger partial charge in [-0.3, -0.25) is 0 Å². The standard InChI is InChI=1S/C19H25F3N4OS.HI/c1-3-23-18(25-10-17-26-16(13-28-17)19(20,21)22)24-9-14(2)11-27-12-15-7-5-4-6-8-15;/h4-8,13-14H,3,9-12H2,1-2H3,(H2,23,24,25);1H. The number of guanidine groups is 1. The fourth-order valence-corrected chi connectivity index (χ4v) is 3.01. The highest BCUT2D eigenvalue weighted by Gasteiger charge is 2.33. The lowest BCUT2D eigenvalue weighted by molar-refractivity contribution is -0.140. The van der Waals surface area contributed by atoms with Gasteiger partial charge in [-0.05, 0) is 18.4 Å². The maximum Gasteiger partial charge on any atom is 0.434 e. The first-order chi connectivity index (χ1) is 13.4. The van der Waals surface area contributed by atoms with Gasteiger partial charge in [-0.15, -0.1) is 35.3 Å². The van der Waals surface area contributed by atoms with Crippen LogP contribution in [0.3, 0.4) is 0 Å². The van der Waals surface area contributed by atoms with Gasteiger partial charge < -0.3 is 15.4 Å². The summed E-state index contributed by atoms with van der Waals surface area (Å²) in [6, 6.07) is 9.95. The SMILES string of the molecule is CCNC(=NCc1nc(C(F)(F)F)cs1)NCC(C)COCc1ccccc1.I. The maximum atomic E-state index is 12.6. The van der Waals surface area contributed by atoms with E-state index in [1.807, 2.05) is 37.3 Å². The zero-order valence-electron chi connectivity index (χ0n) is 16.3. The van der Waals surface area contributed by atoms with E-state index in [0.717, 1.165) is 22.3 Å². The zero-order valence-corrected chi connectivity index (χ0v) is 19.5. The molecule has 2 N–H and O–H groups in total. The second-order valence-electron chi connectivity index (χ2n) is 6.31. The van der Waals surface area contributed by atoms with E-state index < -0.39 is 11.9 Å². The predicted octanol–water partition coefficient (Wildman–Crippen LogP) is 4.69. The molecule has 1 heterocycles. The molecule has 162 valence electrons. The van der Waals surface area contributed by atoms with Crippen molar-refractivity contribution in [1.82, 2.24) is 15.6 Å². The molecule has 0 radical (unpaired) electrons. The van der Waals surface area contributed by atoms with Gasteiger partial charge in [0.05, 0.1) is 19.8 Å². The van der Waals surface area contributed by atoms with E-state index in [-0.39, 0.29) is 36.4 Å². The molecule has 0 saturated carbocycles. The molecule has 1 atom stereocenters. The van der Waals surface area contributed by atoms with E-state index in [2.05, 4.69) is 27.5 Å². The molecule has 2 rings (SSSR count). The minimum Gasteiger partial charge on any atom is -0.376 e. The van der Waals surface area contributed by atoms with Gasteiger partial charge in [-0.25, -0.2) is 9.98 Å². The van der Waals surface area contributed by atoms with Crippen LogP contribution in [0.4, 0.5) is 13.2 Å². The fraction of sp³-hybridized carbons (Fsp3) is 0.474. The smallest absolute Gasteiger partial charge is 0.376 e. The van der Waals surface area contributed by atoms with Crippen molar-refractivity contribution in [2.45, 2.75) is 33.2 Å². The van der Waals surface area contributed by atoms with Gasteiger partial charge in [0.2, 0.25) is 0 Å². The van der Waals surface area contributed by atoms with Crippen LogP contribution in [-0.4, -0.2) is 30.6 Å². The normalized spacial score (nSPS) is 12.9. The molecule has 5 nitrogen and oxygen atoms in total. The average Bonchev–Trinajstić information content (AvgIpc) is 3.14. The van der Waals surface area contributed by atoms with Crippen LogP contribution in [0.15, 0.2) is 40.7 Å². The van der Waals surface area contributed by atoms with Gasteiger partial charge in [0.25, 0.3) is 0 Å². The first-order valence-electron chi connectivity index (χ1n) is 9.04. The van der Waals surface area contributed by atoms with Gasteiger partial charge in [0.15, 0.2) is 11.7 Å². The van der Waals surface area contributed by atoms with Crippen molar-refractivity contribution in [3.05, 3.63) is 52.0 Å². The number of nitrogens with one attached hydrogen (secondary N) is 2. The monoisotopic (exact) mass is 542 g/mol. The highest BCUT2D eigenvalue weighted by molar-refractivity contribution is 14.0. The van der Waals surface area contributed by atoms with E-state index in [4.69, 9.17) is 4.74 Å². The molecular formula is C19H26F3IN4OS. The van der Waals surface area contributed by atoms with Crippen molar-refractivity contribution in [1.29, 1.82) is 0 Å². The minimum atomic E-state index is -4.42. The average molecular weight is 542 g/mol. The summed E-state index contributed by atoms with van der Waals surface area (Å²) < 4.78 is 43.6. The lowest BCUT2D eigenvalue weighted by Crippen LogP contribution is -2.40.